The Labute approximate surface area is 199 Å². The second-order valence-electron chi connectivity index (χ2n) is 7.99. The molecule has 176 valence electrons. The molecule has 7 heteroatoms. The van der Waals surface area contributed by atoms with Crippen LogP contribution in [0.25, 0.3) is 0 Å². The summed E-state index contributed by atoms with van der Waals surface area (Å²) in [6, 6.07) is 19.2. The van der Waals surface area contributed by atoms with E-state index in [9.17, 15) is 9.18 Å². The van der Waals surface area contributed by atoms with Crippen LogP contribution in [0.15, 0.2) is 71.8 Å². The third-order valence-corrected chi connectivity index (χ3v) is 5.56. The molecule has 6 nitrogen and oxygen atoms in total. The molecule has 3 aromatic rings. The van der Waals surface area contributed by atoms with Crippen LogP contribution in [0.1, 0.15) is 41.3 Å². The molecule has 0 atom stereocenters. The van der Waals surface area contributed by atoms with E-state index in [-0.39, 0.29) is 11.7 Å². The van der Waals surface area contributed by atoms with Gasteiger partial charge in [-0.15, -0.1) is 0 Å². The van der Waals surface area contributed by atoms with Crippen molar-refractivity contribution in [2.75, 3.05) is 24.6 Å². The molecule has 1 aliphatic heterocycles. The maximum atomic E-state index is 13.1. The molecule has 0 aliphatic carbocycles. The molecule has 0 radical (unpaired) electrons. The third-order valence-electron chi connectivity index (χ3n) is 5.56. The van der Waals surface area contributed by atoms with Crippen LogP contribution in [0, 0.1) is 5.82 Å². The number of rotatable bonds is 9. The van der Waals surface area contributed by atoms with Gasteiger partial charge in [0.25, 0.3) is 5.91 Å². The summed E-state index contributed by atoms with van der Waals surface area (Å²) in [7, 11) is 0. The molecule has 0 aromatic heterocycles. The zero-order valence-electron chi connectivity index (χ0n) is 19.2. The van der Waals surface area contributed by atoms with Crippen molar-refractivity contribution in [2.24, 2.45) is 5.10 Å². The summed E-state index contributed by atoms with van der Waals surface area (Å²) in [4.78, 5) is 14.7. The van der Waals surface area contributed by atoms with Gasteiger partial charge in [0.15, 0.2) is 11.5 Å². The van der Waals surface area contributed by atoms with Gasteiger partial charge in [0.1, 0.15) is 12.4 Å². The Morgan fingerprint density at radius 1 is 1.00 bits per heavy atom. The Bertz CT molecular complexity index is 1120. The van der Waals surface area contributed by atoms with Crippen molar-refractivity contribution in [2.45, 2.75) is 26.4 Å². The molecule has 1 amide bonds. The molecule has 1 N–H and O–H groups in total. The maximum Gasteiger partial charge on any atom is 0.271 e. The van der Waals surface area contributed by atoms with Gasteiger partial charge in [-0.25, -0.2) is 9.82 Å². The maximum absolute atomic E-state index is 13.1. The molecular formula is C27H28FN3O3. The van der Waals surface area contributed by atoms with Crippen LogP contribution < -0.4 is 19.8 Å². The Morgan fingerprint density at radius 3 is 2.44 bits per heavy atom. The highest BCUT2D eigenvalue weighted by molar-refractivity contribution is 5.95. The number of carbonyl (C=O) groups is 1. The van der Waals surface area contributed by atoms with Gasteiger partial charge in [0, 0.05) is 24.3 Å². The van der Waals surface area contributed by atoms with Crippen molar-refractivity contribution in [3.8, 4) is 11.5 Å². The lowest BCUT2D eigenvalue weighted by Gasteiger charge is -2.17. The smallest absolute Gasteiger partial charge is 0.271 e. The Balaban J connectivity index is 1.35. The molecule has 3 aromatic carbocycles. The molecule has 4 rings (SSSR count). The second kappa shape index (κ2) is 11.3. The summed E-state index contributed by atoms with van der Waals surface area (Å²) in [6.07, 6.45) is 3.98. The van der Waals surface area contributed by atoms with E-state index in [1.54, 1.807) is 30.5 Å². The lowest BCUT2D eigenvalue weighted by molar-refractivity contribution is 0.0955. The van der Waals surface area contributed by atoms with E-state index >= 15 is 0 Å². The zero-order chi connectivity index (χ0) is 23.8. The largest absolute Gasteiger partial charge is 0.490 e. The number of nitrogens with zero attached hydrogens (tertiary/aromatic N) is 2. The first-order valence-electron chi connectivity index (χ1n) is 11.4. The van der Waals surface area contributed by atoms with Crippen molar-refractivity contribution in [1.82, 2.24) is 5.43 Å². The number of carbonyl (C=O) groups excluding carboxylic acids is 1. The third kappa shape index (κ3) is 6.13. The van der Waals surface area contributed by atoms with Crippen LogP contribution in [0.5, 0.6) is 11.5 Å². The number of anilines is 1. The first kappa shape index (κ1) is 23.3. The van der Waals surface area contributed by atoms with Gasteiger partial charge in [-0.3, -0.25) is 4.79 Å². The Kier molecular flexibility index (Phi) is 7.75. The SMILES string of the molecule is CCOc1cc(/C=N\NC(=O)c2ccc(N3CCCC3)cc2)ccc1OCc1ccc(F)cc1. The van der Waals surface area contributed by atoms with Gasteiger partial charge < -0.3 is 14.4 Å². The van der Waals surface area contributed by atoms with Gasteiger partial charge in [-0.1, -0.05) is 12.1 Å². The minimum absolute atomic E-state index is 0.270. The van der Waals surface area contributed by atoms with Crippen molar-refractivity contribution in [3.63, 3.8) is 0 Å². The molecule has 0 spiro atoms. The molecule has 0 saturated carbocycles. The van der Waals surface area contributed by atoms with Gasteiger partial charge >= 0.3 is 0 Å². The van der Waals surface area contributed by atoms with E-state index in [0.717, 1.165) is 29.9 Å². The Hall–Kier alpha value is -3.87. The fourth-order valence-corrected chi connectivity index (χ4v) is 3.76. The topological polar surface area (TPSA) is 63.2 Å². The first-order chi connectivity index (χ1) is 16.6. The molecule has 0 unspecified atom stereocenters. The molecule has 34 heavy (non-hydrogen) atoms. The van der Waals surface area contributed by atoms with Gasteiger partial charge in [-0.05, 0) is 85.5 Å². The normalized spacial score (nSPS) is 13.3. The number of ether oxygens (including phenoxy) is 2. The number of hydrazone groups is 1. The predicted octanol–water partition coefficient (Wildman–Crippen LogP) is 5.17. The van der Waals surface area contributed by atoms with E-state index in [4.69, 9.17) is 9.47 Å². The standard InChI is InChI=1S/C27H28FN3O3/c1-2-33-26-17-21(7-14-25(26)34-19-20-5-10-23(28)11-6-20)18-29-30-27(32)22-8-12-24(13-9-22)31-15-3-4-16-31/h5-14,17-18H,2-4,15-16,19H2,1H3,(H,30,32)/b29-18-. The monoisotopic (exact) mass is 461 g/mol. The second-order valence-corrected chi connectivity index (χ2v) is 7.99. The highest BCUT2D eigenvalue weighted by atomic mass is 19.1. The van der Waals surface area contributed by atoms with Crippen molar-refractivity contribution >= 4 is 17.8 Å². The van der Waals surface area contributed by atoms with Crippen LogP contribution in [0.2, 0.25) is 0 Å². The summed E-state index contributed by atoms with van der Waals surface area (Å²) in [5, 5.41) is 4.08. The molecule has 1 saturated heterocycles. The summed E-state index contributed by atoms with van der Waals surface area (Å²) in [6.45, 7) is 4.78. The minimum atomic E-state index is -0.284. The van der Waals surface area contributed by atoms with Crippen molar-refractivity contribution < 1.29 is 18.7 Å². The van der Waals surface area contributed by atoms with Crippen LogP contribution in [-0.2, 0) is 6.61 Å². The molecule has 1 fully saturated rings. The number of hydrogen-bond acceptors (Lipinski definition) is 5. The summed E-state index contributed by atoms with van der Waals surface area (Å²) >= 11 is 0. The highest BCUT2D eigenvalue weighted by Crippen LogP contribution is 2.29. The quantitative estimate of drug-likeness (QED) is 0.353. The van der Waals surface area contributed by atoms with E-state index in [1.807, 2.05) is 37.3 Å². The van der Waals surface area contributed by atoms with Crippen LogP contribution >= 0.6 is 0 Å². The van der Waals surface area contributed by atoms with Crippen LogP contribution in [-0.4, -0.2) is 31.8 Å². The summed E-state index contributed by atoms with van der Waals surface area (Å²) < 4.78 is 24.6. The van der Waals surface area contributed by atoms with Gasteiger partial charge in [0.2, 0.25) is 0 Å². The molecule has 0 bridgehead atoms. The van der Waals surface area contributed by atoms with Crippen LogP contribution in [0.4, 0.5) is 10.1 Å². The molecule has 1 heterocycles. The first-order valence-corrected chi connectivity index (χ1v) is 11.4. The number of nitrogens with one attached hydrogen (secondary N) is 1. The lowest BCUT2D eigenvalue weighted by atomic mass is 10.2. The van der Waals surface area contributed by atoms with E-state index < -0.39 is 0 Å². The fraction of sp³-hybridized carbons (Fsp3) is 0.259. The number of hydrogen-bond donors (Lipinski definition) is 1. The number of amides is 1. The van der Waals surface area contributed by atoms with E-state index in [1.165, 1.54) is 25.0 Å². The molecule has 1 aliphatic rings. The van der Waals surface area contributed by atoms with Crippen molar-refractivity contribution in [1.29, 1.82) is 0 Å². The average molecular weight is 462 g/mol. The fourth-order valence-electron chi connectivity index (χ4n) is 3.76. The number of halogens is 1. The lowest BCUT2D eigenvalue weighted by Crippen LogP contribution is -2.19. The zero-order valence-corrected chi connectivity index (χ0v) is 19.2. The van der Waals surface area contributed by atoms with E-state index in [2.05, 4.69) is 15.4 Å². The van der Waals surface area contributed by atoms with Crippen LogP contribution in [0.3, 0.4) is 0 Å². The average Bonchev–Trinajstić information content (AvgIpc) is 3.40. The minimum Gasteiger partial charge on any atom is -0.490 e. The highest BCUT2D eigenvalue weighted by Gasteiger charge is 2.13. The Morgan fingerprint density at radius 2 is 1.74 bits per heavy atom. The van der Waals surface area contributed by atoms with Crippen molar-refractivity contribution in [3.05, 3.63) is 89.2 Å². The predicted molar refractivity (Wildman–Crippen MR) is 131 cm³/mol. The number of benzene rings is 3. The van der Waals surface area contributed by atoms with Gasteiger partial charge in [0.05, 0.1) is 12.8 Å². The summed E-state index contributed by atoms with van der Waals surface area (Å²) in [5.41, 5.74) is 5.87. The summed E-state index contributed by atoms with van der Waals surface area (Å²) in [5.74, 6) is 0.588. The molecular weight excluding hydrogens is 433 g/mol. The van der Waals surface area contributed by atoms with Gasteiger partial charge in [-0.2, -0.15) is 5.10 Å². The van der Waals surface area contributed by atoms with E-state index in [0.29, 0.717) is 30.3 Å².